The Morgan fingerprint density at radius 1 is 1.33 bits per heavy atom. The molecule has 0 aliphatic carbocycles. The average molecular weight is 377 g/mol. The van der Waals surface area contributed by atoms with Crippen LogP contribution in [0, 0.1) is 0 Å². The molecule has 0 radical (unpaired) electrons. The molecule has 1 amide bonds. The summed E-state index contributed by atoms with van der Waals surface area (Å²) in [6, 6.07) is 3.95. The van der Waals surface area contributed by atoms with Gasteiger partial charge >= 0.3 is 6.09 Å². The maximum Gasteiger partial charge on any atom is 0.414 e. The van der Waals surface area contributed by atoms with Gasteiger partial charge in [-0.15, -0.1) is 0 Å². The lowest BCUT2D eigenvalue weighted by Crippen LogP contribution is -2.35. The normalized spacial score (nSPS) is 14.6. The summed E-state index contributed by atoms with van der Waals surface area (Å²) in [4.78, 5) is 13.8. The number of carbonyl (C=O) groups is 1. The van der Waals surface area contributed by atoms with Gasteiger partial charge in [-0.05, 0) is 44.9 Å². The first-order chi connectivity index (χ1) is 8.28. The van der Waals surface area contributed by atoms with E-state index in [0.29, 0.717) is 6.54 Å². The summed E-state index contributed by atoms with van der Waals surface area (Å²) in [6.45, 7) is 6.29. The molecule has 0 aromatic heterocycles. The summed E-state index contributed by atoms with van der Waals surface area (Å²) in [5, 5.41) is 0. The minimum absolute atomic E-state index is 0.286. The van der Waals surface area contributed by atoms with E-state index in [4.69, 9.17) is 4.74 Å². The second kappa shape index (κ2) is 4.85. The molecule has 1 aliphatic rings. The molecular formula is C13H15Br2NO2. The van der Waals surface area contributed by atoms with Gasteiger partial charge in [0.05, 0.1) is 5.69 Å². The second-order valence-electron chi connectivity index (χ2n) is 5.27. The summed E-state index contributed by atoms with van der Waals surface area (Å²) in [7, 11) is 0. The van der Waals surface area contributed by atoms with Gasteiger partial charge in [0.25, 0.3) is 0 Å². The zero-order chi connectivity index (χ0) is 13.5. The molecule has 3 nitrogen and oxygen atoms in total. The Morgan fingerprint density at radius 3 is 2.61 bits per heavy atom. The highest BCUT2D eigenvalue weighted by atomic mass is 79.9. The molecule has 2 rings (SSSR count). The van der Waals surface area contributed by atoms with Crippen LogP contribution in [0.2, 0.25) is 0 Å². The summed E-state index contributed by atoms with van der Waals surface area (Å²) < 4.78 is 7.39. The van der Waals surface area contributed by atoms with Crippen molar-refractivity contribution in [1.29, 1.82) is 0 Å². The lowest BCUT2D eigenvalue weighted by atomic mass is 10.2. The van der Waals surface area contributed by atoms with Gasteiger partial charge in [-0.3, -0.25) is 4.90 Å². The standard InChI is InChI=1S/C13H15Br2NO2/c1-13(2,3)18-12(17)16-5-4-9-10(15)6-8(14)7-11(9)16/h6-7H,4-5H2,1-3H3. The topological polar surface area (TPSA) is 29.5 Å². The molecule has 1 aromatic rings. The minimum atomic E-state index is -0.469. The number of halogens is 2. The first kappa shape index (κ1) is 13.9. The van der Waals surface area contributed by atoms with Gasteiger partial charge in [-0.2, -0.15) is 0 Å². The molecule has 0 atom stereocenters. The molecule has 1 aromatic carbocycles. The van der Waals surface area contributed by atoms with Gasteiger partial charge in [0.15, 0.2) is 0 Å². The average Bonchev–Trinajstić information content (AvgIpc) is 2.58. The van der Waals surface area contributed by atoms with Gasteiger partial charge in [0.1, 0.15) is 5.60 Å². The summed E-state index contributed by atoms with van der Waals surface area (Å²) >= 11 is 6.97. The lowest BCUT2D eigenvalue weighted by Gasteiger charge is -2.24. The van der Waals surface area contributed by atoms with Gasteiger partial charge in [0, 0.05) is 15.5 Å². The Kier molecular flexibility index (Phi) is 3.74. The minimum Gasteiger partial charge on any atom is -0.443 e. The zero-order valence-electron chi connectivity index (χ0n) is 10.6. The Morgan fingerprint density at radius 2 is 2.00 bits per heavy atom. The number of amides is 1. The maximum atomic E-state index is 12.1. The molecule has 0 saturated heterocycles. The van der Waals surface area contributed by atoms with Crippen LogP contribution < -0.4 is 4.90 Å². The Balaban J connectivity index is 2.29. The van der Waals surface area contributed by atoms with Crippen LogP contribution in [0.4, 0.5) is 10.5 Å². The van der Waals surface area contributed by atoms with E-state index in [2.05, 4.69) is 31.9 Å². The van der Waals surface area contributed by atoms with Crippen molar-refractivity contribution >= 4 is 43.6 Å². The molecule has 0 fully saturated rings. The van der Waals surface area contributed by atoms with Crippen molar-refractivity contribution in [3.63, 3.8) is 0 Å². The predicted molar refractivity (Wildman–Crippen MR) is 79.1 cm³/mol. The van der Waals surface area contributed by atoms with Crippen molar-refractivity contribution < 1.29 is 9.53 Å². The number of ether oxygens (including phenoxy) is 1. The van der Waals surface area contributed by atoms with Crippen molar-refractivity contribution in [2.75, 3.05) is 11.4 Å². The molecule has 0 spiro atoms. The van der Waals surface area contributed by atoms with E-state index in [9.17, 15) is 4.79 Å². The van der Waals surface area contributed by atoms with E-state index in [-0.39, 0.29) is 6.09 Å². The van der Waals surface area contributed by atoms with E-state index < -0.39 is 5.60 Å². The number of carbonyl (C=O) groups excluding carboxylic acids is 1. The van der Waals surface area contributed by atoms with Crippen LogP contribution in [-0.4, -0.2) is 18.2 Å². The van der Waals surface area contributed by atoms with Crippen LogP contribution in [0.5, 0.6) is 0 Å². The Hall–Kier alpha value is -0.550. The quantitative estimate of drug-likeness (QED) is 0.666. The molecule has 1 heterocycles. The van der Waals surface area contributed by atoms with Crippen LogP contribution in [0.15, 0.2) is 21.1 Å². The zero-order valence-corrected chi connectivity index (χ0v) is 13.8. The van der Waals surface area contributed by atoms with Gasteiger partial charge in [-0.1, -0.05) is 31.9 Å². The molecular weight excluding hydrogens is 362 g/mol. The van der Waals surface area contributed by atoms with Gasteiger partial charge < -0.3 is 4.74 Å². The third-order valence-electron chi connectivity index (χ3n) is 2.63. The number of benzene rings is 1. The Bertz CT molecular complexity index is 494. The van der Waals surface area contributed by atoms with Crippen LogP contribution in [0.3, 0.4) is 0 Å². The first-order valence-corrected chi connectivity index (χ1v) is 7.35. The highest BCUT2D eigenvalue weighted by Crippen LogP contribution is 2.37. The second-order valence-corrected chi connectivity index (χ2v) is 7.04. The summed E-state index contributed by atoms with van der Waals surface area (Å²) in [6.07, 6.45) is 0.564. The van der Waals surface area contributed by atoms with Crippen molar-refractivity contribution in [3.8, 4) is 0 Å². The van der Waals surface area contributed by atoms with Crippen LogP contribution in [0.1, 0.15) is 26.3 Å². The van der Waals surface area contributed by atoms with Crippen LogP contribution in [-0.2, 0) is 11.2 Å². The monoisotopic (exact) mass is 375 g/mol. The number of nitrogens with zero attached hydrogens (tertiary/aromatic N) is 1. The summed E-state index contributed by atoms with van der Waals surface area (Å²) in [5.74, 6) is 0. The SMILES string of the molecule is CC(C)(C)OC(=O)N1CCc2c(Br)cc(Br)cc21. The number of fused-ring (bicyclic) bond motifs is 1. The van der Waals surface area contributed by atoms with E-state index in [1.165, 1.54) is 0 Å². The van der Waals surface area contributed by atoms with Crippen molar-refractivity contribution in [2.24, 2.45) is 0 Å². The highest BCUT2D eigenvalue weighted by molar-refractivity contribution is 9.11. The third-order valence-corrected chi connectivity index (χ3v) is 3.79. The molecule has 0 N–H and O–H groups in total. The van der Waals surface area contributed by atoms with Crippen LogP contribution in [0.25, 0.3) is 0 Å². The van der Waals surface area contributed by atoms with Crippen molar-refractivity contribution in [1.82, 2.24) is 0 Å². The molecule has 0 saturated carbocycles. The predicted octanol–water partition coefficient (Wildman–Crippen LogP) is 4.51. The molecule has 98 valence electrons. The first-order valence-electron chi connectivity index (χ1n) is 5.76. The number of anilines is 1. The summed E-state index contributed by atoms with van der Waals surface area (Å²) in [5.41, 5.74) is 1.61. The van der Waals surface area contributed by atoms with Crippen molar-refractivity contribution in [2.45, 2.75) is 32.8 Å². The van der Waals surface area contributed by atoms with Crippen molar-refractivity contribution in [3.05, 3.63) is 26.6 Å². The lowest BCUT2D eigenvalue weighted by molar-refractivity contribution is 0.0584. The molecule has 0 bridgehead atoms. The third kappa shape index (κ3) is 2.88. The van der Waals surface area contributed by atoms with Gasteiger partial charge in [0.2, 0.25) is 0 Å². The van der Waals surface area contributed by atoms with Crippen LogP contribution >= 0.6 is 31.9 Å². The van der Waals surface area contributed by atoms with E-state index in [1.807, 2.05) is 32.9 Å². The van der Waals surface area contributed by atoms with E-state index in [1.54, 1.807) is 4.90 Å². The molecule has 0 unspecified atom stereocenters. The number of hydrogen-bond donors (Lipinski definition) is 0. The van der Waals surface area contributed by atoms with E-state index in [0.717, 1.165) is 26.6 Å². The fraction of sp³-hybridized carbons (Fsp3) is 0.462. The van der Waals surface area contributed by atoms with E-state index >= 15 is 0 Å². The number of rotatable bonds is 0. The number of hydrogen-bond acceptors (Lipinski definition) is 2. The molecule has 1 aliphatic heterocycles. The highest BCUT2D eigenvalue weighted by Gasteiger charge is 2.30. The Labute approximate surface area is 124 Å². The molecule has 18 heavy (non-hydrogen) atoms. The fourth-order valence-corrected chi connectivity index (χ4v) is 3.33. The molecule has 5 heteroatoms. The smallest absolute Gasteiger partial charge is 0.414 e. The maximum absolute atomic E-state index is 12.1. The van der Waals surface area contributed by atoms with Gasteiger partial charge in [-0.25, -0.2) is 4.79 Å². The fourth-order valence-electron chi connectivity index (χ4n) is 1.93. The largest absolute Gasteiger partial charge is 0.443 e.